The number of likely N-dealkylation sites (N-methyl/N-ethyl adjacent to an activating group) is 1. The smallest absolute Gasteiger partial charge is 0.264 e. The van der Waals surface area contributed by atoms with Gasteiger partial charge in [-0.1, -0.05) is 58.4 Å². The Morgan fingerprint density at radius 3 is 2.31 bits per heavy atom. The Bertz CT molecular complexity index is 1320. The molecule has 7 nitrogen and oxygen atoms in total. The Hall–Kier alpha value is -3.17. The third kappa shape index (κ3) is 6.73. The first-order valence-corrected chi connectivity index (χ1v) is 13.8. The lowest BCUT2D eigenvalue weighted by Crippen LogP contribution is -2.51. The highest BCUT2D eigenvalue weighted by Crippen LogP contribution is 2.25. The number of anilines is 1. The van der Waals surface area contributed by atoms with E-state index < -0.39 is 28.5 Å². The summed E-state index contributed by atoms with van der Waals surface area (Å²) in [7, 11) is -4.06. The second kappa shape index (κ2) is 12.2. The number of halogens is 1. The molecule has 0 saturated heterocycles. The lowest BCUT2D eigenvalue weighted by atomic mass is 10.1. The molecule has 0 radical (unpaired) electrons. The zero-order valence-electron chi connectivity index (χ0n) is 20.5. The van der Waals surface area contributed by atoms with Gasteiger partial charge < -0.3 is 10.2 Å². The lowest BCUT2D eigenvalue weighted by molar-refractivity contribution is -0.139. The van der Waals surface area contributed by atoms with E-state index in [2.05, 4.69) is 21.2 Å². The Kier molecular flexibility index (Phi) is 9.28. The third-order valence-corrected chi connectivity index (χ3v) is 7.94. The fraction of sp³-hybridized carbons (Fsp3) is 0.259. The first kappa shape index (κ1) is 27.4. The maximum atomic E-state index is 13.8. The van der Waals surface area contributed by atoms with Gasteiger partial charge in [0.2, 0.25) is 11.8 Å². The van der Waals surface area contributed by atoms with Crippen molar-refractivity contribution in [2.24, 2.45) is 0 Å². The first-order valence-electron chi connectivity index (χ1n) is 11.6. The van der Waals surface area contributed by atoms with Crippen molar-refractivity contribution in [3.63, 3.8) is 0 Å². The quantitative estimate of drug-likeness (QED) is 0.388. The molecule has 36 heavy (non-hydrogen) atoms. The Labute approximate surface area is 221 Å². The molecule has 3 aromatic carbocycles. The number of nitrogens with zero attached hydrogens (tertiary/aromatic N) is 2. The van der Waals surface area contributed by atoms with Crippen molar-refractivity contribution >= 4 is 43.5 Å². The van der Waals surface area contributed by atoms with Gasteiger partial charge in [0.1, 0.15) is 12.6 Å². The minimum Gasteiger partial charge on any atom is -0.355 e. The van der Waals surface area contributed by atoms with Crippen molar-refractivity contribution in [3.05, 3.63) is 94.5 Å². The summed E-state index contributed by atoms with van der Waals surface area (Å²) < 4.78 is 29.3. The minimum atomic E-state index is -4.06. The number of amides is 2. The number of rotatable bonds is 10. The topological polar surface area (TPSA) is 86.8 Å². The molecule has 0 spiro atoms. The fourth-order valence-electron chi connectivity index (χ4n) is 3.77. The zero-order valence-corrected chi connectivity index (χ0v) is 22.9. The molecular weight excluding hydrogens is 542 g/mol. The molecular formula is C27H30BrN3O4S. The molecule has 0 bridgehead atoms. The number of sulfonamides is 1. The van der Waals surface area contributed by atoms with Crippen LogP contribution in [-0.2, 0) is 26.2 Å². The van der Waals surface area contributed by atoms with E-state index in [9.17, 15) is 18.0 Å². The monoisotopic (exact) mass is 571 g/mol. The maximum absolute atomic E-state index is 13.8. The van der Waals surface area contributed by atoms with Crippen LogP contribution in [0.4, 0.5) is 5.69 Å². The second-order valence-corrected chi connectivity index (χ2v) is 11.2. The van der Waals surface area contributed by atoms with Crippen LogP contribution in [0.5, 0.6) is 0 Å². The number of hydrogen-bond acceptors (Lipinski definition) is 4. The van der Waals surface area contributed by atoms with Gasteiger partial charge in [0.25, 0.3) is 10.0 Å². The van der Waals surface area contributed by atoms with Crippen LogP contribution >= 0.6 is 15.9 Å². The third-order valence-electron chi connectivity index (χ3n) is 5.66. The molecule has 1 N–H and O–H groups in total. The van der Waals surface area contributed by atoms with Crippen molar-refractivity contribution in [1.29, 1.82) is 0 Å². The van der Waals surface area contributed by atoms with Gasteiger partial charge >= 0.3 is 0 Å². The molecule has 0 aliphatic heterocycles. The van der Waals surface area contributed by atoms with E-state index in [0.29, 0.717) is 12.2 Å². The van der Waals surface area contributed by atoms with Crippen molar-refractivity contribution in [1.82, 2.24) is 10.2 Å². The van der Waals surface area contributed by atoms with Crippen molar-refractivity contribution in [2.75, 3.05) is 17.4 Å². The maximum Gasteiger partial charge on any atom is 0.264 e. The van der Waals surface area contributed by atoms with E-state index in [-0.39, 0.29) is 17.3 Å². The predicted octanol–water partition coefficient (Wildman–Crippen LogP) is 4.51. The van der Waals surface area contributed by atoms with Crippen LogP contribution in [0.3, 0.4) is 0 Å². The summed E-state index contributed by atoms with van der Waals surface area (Å²) in [6, 6.07) is 21.6. The Morgan fingerprint density at radius 2 is 1.67 bits per heavy atom. The molecule has 9 heteroatoms. The van der Waals surface area contributed by atoms with Crippen LogP contribution in [0.15, 0.2) is 88.2 Å². The highest BCUT2D eigenvalue weighted by Gasteiger charge is 2.32. The molecule has 0 aromatic heterocycles. The van der Waals surface area contributed by atoms with Gasteiger partial charge in [-0.2, -0.15) is 0 Å². The molecule has 3 rings (SSSR count). The van der Waals surface area contributed by atoms with Gasteiger partial charge in [-0.05, 0) is 68.3 Å². The zero-order chi connectivity index (χ0) is 26.3. The standard InChI is InChI=1S/C27H30BrN3O4S/c1-4-29-27(33)21(3)30(18-22-11-9-12-23(28)17-22)26(32)19-31(24-13-8-10-20(2)16-24)36(34,35)25-14-6-5-7-15-25/h5-17,21H,4,18-19H2,1-3H3,(H,29,33). The molecule has 1 unspecified atom stereocenters. The molecule has 190 valence electrons. The van der Waals surface area contributed by atoms with Gasteiger partial charge in [0, 0.05) is 17.6 Å². The fourth-order valence-corrected chi connectivity index (χ4v) is 5.64. The minimum absolute atomic E-state index is 0.0784. The summed E-state index contributed by atoms with van der Waals surface area (Å²) in [6.07, 6.45) is 0. The Balaban J connectivity index is 2.02. The number of benzene rings is 3. The summed E-state index contributed by atoms with van der Waals surface area (Å²) in [5.74, 6) is -0.802. The van der Waals surface area contributed by atoms with Crippen molar-refractivity contribution in [2.45, 2.75) is 38.3 Å². The molecule has 0 saturated carbocycles. The molecule has 0 aliphatic carbocycles. The van der Waals surface area contributed by atoms with Gasteiger partial charge in [0.05, 0.1) is 10.6 Å². The van der Waals surface area contributed by atoms with Crippen LogP contribution in [0.2, 0.25) is 0 Å². The second-order valence-electron chi connectivity index (χ2n) is 8.39. The largest absolute Gasteiger partial charge is 0.355 e. The van der Waals surface area contributed by atoms with Gasteiger partial charge in [-0.15, -0.1) is 0 Å². The number of hydrogen-bond donors (Lipinski definition) is 1. The number of carbonyl (C=O) groups is 2. The average molecular weight is 573 g/mol. The van der Waals surface area contributed by atoms with Crippen LogP contribution < -0.4 is 9.62 Å². The Morgan fingerprint density at radius 1 is 0.972 bits per heavy atom. The van der Waals surface area contributed by atoms with E-state index in [4.69, 9.17) is 0 Å². The normalized spacial score (nSPS) is 12.0. The van der Waals surface area contributed by atoms with Crippen LogP contribution in [-0.4, -0.2) is 44.3 Å². The molecule has 0 fully saturated rings. The highest BCUT2D eigenvalue weighted by molar-refractivity contribution is 9.10. The summed E-state index contributed by atoms with van der Waals surface area (Å²) in [4.78, 5) is 28.0. The van der Waals surface area contributed by atoms with Crippen molar-refractivity contribution < 1.29 is 18.0 Å². The highest BCUT2D eigenvalue weighted by atomic mass is 79.9. The molecule has 1 atom stereocenters. The van der Waals surface area contributed by atoms with Crippen LogP contribution in [0, 0.1) is 6.92 Å². The SMILES string of the molecule is CCNC(=O)C(C)N(Cc1cccc(Br)c1)C(=O)CN(c1cccc(C)c1)S(=O)(=O)c1ccccc1. The average Bonchev–Trinajstić information content (AvgIpc) is 2.86. The van der Waals surface area contributed by atoms with E-state index in [1.165, 1.54) is 17.0 Å². The van der Waals surface area contributed by atoms with E-state index in [1.807, 2.05) is 37.3 Å². The van der Waals surface area contributed by atoms with Gasteiger partial charge in [-0.25, -0.2) is 8.42 Å². The summed E-state index contributed by atoms with van der Waals surface area (Å²) in [5.41, 5.74) is 2.04. The number of aryl methyl sites for hydroxylation is 1. The van der Waals surface area contributed by atoms with E-state index in [1.54, 1.807) is 50.2 Å². The predicted molar refractivity (Wildman–Crippen MR) is 145 cm³/mol. The molecule has 0 heterocycles. The lowest BCUT2D eigenvalue weighted by Gasteiger charge is -2.32. The number of nitrogens with one attached hydrogen (secondary N) is 1. The summed E-state index contributed by atoms with van der Waals surface area (Å²) >= 11 is 3.44. The van der Waals surface area contributed by atoms with Crippen LogP contribution in [0.25, 0.3) is 0 Å². The summed E-state index contributed by atoms with van der Waals surface area (Å²) in [6.45, 7) is 5.40. The molecule has 0 aliphatic rings. The van der Waals surface area contributed by atoms with Gasteiger partial charge in [0.15, 0.2) is 0 Å². The number of carbonyl (C=O) groups excluding carboxylic acids is 2. The van der Waals surface area contributed by atoms with Crippen LogP contribution in [0.1, 0.15) is 25.0 Å². The molecule has 2 amide bonds. The van der Waals surface area contributed by atoms with Crippen molar-refractivity contribution in [3.8, 4) is 0 Å². The molecule has 3 aromatic rings. The first-order chi connectivity index (χ1) is 17.1. The van der Waals surface area contributed by atoms with E-state index in [0.717, 1.165) is 19.9 Å². The van der Waals surface area contributed by atoms with Gasteiger partial charge in [-0.3, -0.25) is 13.9 Å². The van der Waals surface area contributed by atoms with E-state index >= 15 is 0 Å². The summed E-state index contributed by atoms with van der Waals surface area (Å²) in [5, 5.41) is 2.75.